The van der Waals surface area contributed by atoms with Gasteiger partial charge >= 0.3 is 0 Å². The molecule has 8 nitrogen and oxygen atoms in total. The Morgan fingerprint density at radius 2 is 2.07 bits per heavy atom. The number of benzene rings is 1. The lowest BCUT2D eigenvalue weighted by Crippen LogP contribution is -2.39. The summed E-state index contributed by atoms with van der Waals surface area (Å²) in [5, 5.41) is 10.9. The number of aromatic amines is 1. The van der Waals surface area contributed by atoms with Crippen molar-refractivity contribution in [3.05, 3.63) is 40.5 Å². The van der Waals surface area contributed by atoms with Gasteiger partial charge in [-0.1, -0.05) is 11.6 Å². The van der Waals surface area contributed by atoms with Crippen molar-refractivity contribution in [3.63, 3.8) is 0 Å². The molecule has 2 aromatic rings. The van der Waals surface area contributed by atoms with Gasteiger partial charge in [-0.3, -0.25) is 14.6 Å². The molecule has 158 valence electrons. The molecule has 1 aliphatic heterocycles. The van der Waals surface area contributed by atoms with Crippen molar-refractivity contribution >= 4 is 39.0 Å². The number of H-pyrrole nitrogens is 1. The molecular formula is C19H26ClN5O3S. The van der Waals surface area contributed by atoms with Gasteiger partial charge in [0.2, 0.25) is 10.0 Å². The molecule has 0 saturated carbocycles. The smallest absolute Gasteiger partial charge is 0.256 e. The average molecular weight is 440 g/mol. The van der Waals surface area contributed by atoms with E-state index in [2.05, 4.69) is 20.2 Å². The summed E-state index contributed by atoms with van der Waals surface area (Å²) in [5.41, 5.74) is 1.30. The zero-order valence-electron chi connectivity index (χ0n) is 16.7. The monoisotopic (exact) mass is 439 g/mol. The molecule has 2 heterocycles. The Balaban J connectivity index is 1.92. The summed E-state index contributed by atoms with van der Waals surface area (Å²) in [7, 11) is -3.54. The van der Waals surface area contributed by atoms with Crippen LogP contribution in [0.1, 0.15) is 55.2 Å². The maximum Gasteiger partial charge on any atom is 0.256 e. The Morgan fingerprint density at radius 3 is 2.76 bits per heavy atom. The minimum absolute atomic E-state index is 0.170. The normalized spacial score (nSPS) is 17.4. The predicted octanol–water partition coefficient (Wildman–Crippen LogP) is 3.62. The molecule has 1 atom stereocenters. The number of amides is 1. The van der Waals surface area contributed by atoms with E-state index in [9.17, 15) is 13.2 Å². The summed E-state index contributed by atoms with van der Waals surface area (Å²) in [6, 6.07) is 6.56. The molecule has 29 heavy (non-hydrogen) atoms. The number of hydrogen-bond donors (Lipinski definition) is 3. The number of nitrogens with one attached hydrogen (secondary N) is 3. The van der Waals surface area contributed by atoms with Gasteiger partial charge in [0.05, 0.1) is 29.2 Å². The van der Waals surface area contributed by atoms with Crippen molar-refractivity contribution in [1.82, 2.24) is 15.1 Å². The van der Waals surface area contributed by atoms with Crippen LogP contribution in [0.5, 0.6) is 0 Å². The van der Waals surface area contributed by atoms with Crippen molar-refractivity contribution in [2.24, 2.45) is 0 Å². The van der Waals surface area contributed by atoms with Gasteiger partial charge < -0.3 is 10.2 Å². The van der Waals surface area contributed by atoms with Crippen LogP contribution in [0.4, 0.5) is 11.5 Å². The highest BCUT2D eigenvalue weighted by Crippen LogP contribution is 2.34. The van der Waals surface area contributed by atoms with Crippen LogP contribution < -0.4 is 10.0 Å². The third-order valence-corrected chi connectivity index (χ3v) is 5.49. The number of hydrogen-bond acceptors (Lipinski definition) is 5. The van der Waals surface area contributed by atoms with E-state index in [1.165, 1.54) is 12.1 Å². The molecule has 3 N–H and O–H groups in total. The standard InChI is InChI=1S/C19H26ClN5O3S/c1-12(2)21-18-11-16(22-23-18)17-6-4-5-9-25(17)19(26)14-10-13(20)7-8-15(14)24-29(3,27)28/h7-8,10-12,17,24H,4-6,9H2,1-3H3,(H2,21,22,23)/t17-/m0/s1. The van der Waals surface area contributed by atoms with Gasteiger partial charge in [-0.2, -0.15) is 5.10 Å². The number of anilines is 2. The number of halogens is 1. The number of aromatic nitrogens is 2. The third-order valence-electron chi connectivity index (χ3n) is 4.66. The number of carbonyl (C=O) groups is 1. The number of sulfonamides is 1. The van der Waals surface area contributed by atoms with Crippen LogP contribution in [0.2, 0.25) is 5.02 Å². The molecule has 1 saturated heterocycles. The highest BCUT2D eigenvalue weighted by atomic mass is 35.5. The Kier molecular flexibility index (Phi) is 6.38. The molecule has 1 aromatic carbocycles. The molecular weight excluding hydrogens is 414 g/mol. The van der Waals surface area contributed by atoms with E-state index in [1.807, 2.05) is 19.9 Å². The fourth-order valence-corrected chi connectivity index (χ4v) is 4.26. The number of likely N-dealkylation sites (tertiary alicyclic amines) is 1. The van der Waals surface area contributed by atoms with Crippen molar-refractivity contribution in [2.45, 2.75) is 45.2 Å². The van der Waals surface area contributed by atoms with Crippen LogP contribution in [0.25, 0.3) is 0 Å². The first kappa shape index (κ1) is 21.4. The molecule has 1 fully saturated rings. The summed E-state index contributed by atoms with van der Waals surface area (Å²) in [6.07, 6.45) is 3.71. The summed E-state index contributed by atoms with van der Waals surface area (Å²) < 4.78 is 25.9. The first-order valence-corrected chi connectivity index (χ1v) is 11.8. The molecule has 1 amide bonds. The van der Waals surface area contributed by atoms with E-state index in [-0.39, 0.29) is 29.2 Å². The van der Waals surface area contributed by atoms with Crippen molar-refractivity contribution in [1.29, 1.82) is 0 Å². The highest BCUT2D eigenvalue weighted by Gasteiger charge is 2.31. The fourth-order valence-electron chi connectivity index (χ4n) is 3.51. The zero-order chi connectivity index (χ0) is 21.2. The molecule has 0 aliphatic carbocycles. The van der Waals surface area contributed by atoms with Crippen molar-refractivity contribution in [2.75, 3.05) is 22.8 Å². The number of carbonyl (C=O) groups excluding carboxylic acids is 1. The summed E-state index contributed by atoms with van der Waals surface area (Å²) in [6.45, 7) is 4.63. The van der Waals surface area contributed by atoms with E-state index >= 15 is 0 Å². The van der Waals surface area contributed by atoms with Gasteiger partial charge in [0.25, 0.3) is 5.91 Å². The van der Waals surface area contributed by atoms with E-state index in [0.29, 0.717) is 11.6 Å². The number of nitrogens with zero attached hydrogens (tertiary/aromatic N) is 2. The Morgan fingerprint density at radius 1 is 1.31 bits per heavy atom. The topological polar surface area (TPSA) is 107 Å². The second-order valence-electron chi connectivity index (χ2n) is 7.58. The van der Waals surface area contributed by atoms with Crippen molar-refractivity contribution in [3.8, 4) is 0 Å². The second kappa shape index (κ2) is 8.62. The summed E-state index contributed by atoms with van der Waals surface area (Å²) in [4.78, 5) is 15.2. The molecule has 0 unspecified atom stereocenters. The molecule has 0 spiro atoms. The maximum atomic E-state index is 13.4. The minimum Gasteiger partial charge on any atom is -0.366 e. The fraction of sp³-hybridized carbons (Fsp3) is 0.474. The Labute approximate surface area is 176 Å². The summed E-state index contributed by atoms with van der Waals surface area (Å²) in [5.74, 6) is 0.464. The lowest BCUT2D eigenvalue weighted by atomic mass is 9.98. The Bertz CT molecular complexity index is 989. The van der Waals surface area contributed by atoms with Crippen LogP contribution in [0.3, 0.4) is 0 Å². The van der Waals surface area contributed by atoms with Crippen LogP contribution in [0.15, 0.2) is 24.3 Å². The molecule has 0 radical (unpaired) electrons. The largest absolute Gasteiger partial charge is 0.366 e. The quantitative estimate of drug-likeness (QED) is 0.637. The van der Waals surface area contributed by atoms with Gasteiger partial charge in [-0.15, -0.1) is 0 Å². The second-order valence-corrected chi connectivity index (χ2v) is 9.77. The van der Waals surface area contributed by atoms with Gasteiger partial charge in [-0.05, 0) is 51.3 Å². The molecule has 10 heteroatoms. The van der Waals surface area contributed by atoms with E-state index in [1.54, 1.807) is 11.0 Å². The van der Waals surface area contributed by atoms with E-state index < -0.39 is 10.0 Å². The zero-order valence-corrected chi connectivity index (χ0v) is 18.3. The minimum atomic E-state index is -3.54. The average Bonchev–Trinajstić information content (AvgIpc) is 3.09. The Hall–Kier alpha value is -2.26. The highest BCUT2D eigenvalue weighted by molar-refractivity contribution is 7.92. The van der Waals surface area contributed by atoms with Crippen LogP contribution >= 0.6 is 11.6 Å². The lowest BCUT2D eigenvalue weighted by molar-refractivity contribution is 0.0607. The maximum absolute atomic E-state index is 13.4. The van der Waals surface area contributed by atoms with Gasteiger partial charge in [0.1, 0.15) is 5.82 Å². The van der Waals surface area contributed by atoms with Crippen LogP contribution in [-0.2, 0) is 10.0 Å². The first-order valence-electron chi connectivity index (χ1n) is 9.54. The summed E-state index contributed by atoms with van der Waals surface area (Å²) >= 11 is 6.10. The number of piperidine rings is 1. The predicted molar refractivity (Wildman–Crippen MR) is 115 cm³/mol. The lowest BCUT2D eigenvalue weighted by Gasteiger charge is -2.35. The SMILES string of the molecule is CC(C)Nc1cc([C@@H]2CCCCN2C(=O)c2cc(Cl)ccc2NS(C)(=O)=O)[nH]n1. The van der Waals surface area contributed by atoms with Gasteiger partial charge in [0, 0.05) is 23.7 Å². The van der Waals surface area contributed by atoms with Crippen molar-refractivity contribution < 1.29 is 13.2 Å². The van der Waals surface area contributed by atoms with Crippen LogP contribution in [-0.4, -0.2) is 48.3 Å². The molecule has 1 aliphatic rings. The third kappa shape index (κ3) is 5.42. The molecule has 1 aromatic heterocycles. The van der Waals surface area contributed by atoms with Gasteiger partial charge in [0.15, 0.2) is 0 Å². The van der Waals surface area contributed by atoms with E-state index in [4.69, 9.17) is 11.6 Å². The number of rotatable bonds is 6. The molecule has 0 bridgehead atoms. The van der Waals surface area contributed by atoms with E-state index in [0.717, 1.165) is 37.0 Å². The first-order chi connectivity index (χ1) is 13.6. The molecule has 3 rings (SSSR count). The van der Waals surface area contributed by atoms with Crippen LogP contribution in [0, 0.1) is 0 Å². The van der Waals surface area contributed by atoms with Gasteiger partial charge in [-0.25, -0.2) is 8.42 Å².